The number of para-hydroxylation sites is 1. The van der Waals surface area contributed by atoms with Crippen LogP contribution in [0.25, 0.3) is 11.4 Å². The minimum atomic E-state index is -4.79. The molecule has 0 saturated carbocycles. The zero-order valence-corrected chi connectivity index (χ0v) is 11.3. The third-order valence-corrected chi connectivity index (χ3v) is 2.88. The summed E-state index contributed by atoms with van der Waals surface area (Å²) in [6.45, 7) is 3.47. The van der Waals surface area contributed by atoms with Crippen LogP contribution in [-0.2, 0) is 0 Å². The quantitative estimate of drug-likeness (QED) is 0.673. The second-order valence-electron chi connectivity index (χ2n) is 4.29. The van der Waals surface area contributed by atoms with Crippen molar-refractivity contribution in [3.63, 3.8) is 0 Å². The first-order valence-corrected chi connectivity index (χ1v) is 5.99. The summed E-state index contributed by atoms with van der Waals surface area (Å²) >= 11 is 0. The zero-order valence-electron chi connectivity index (χ0n) is 11.3. The van der Waals surface area contributed by atoms with Crippen molar-refractivity contribution in [1.29, 1.82) is 0 Å². The van der Waals surface area contributed by atoms with Gasteiger partial charge < -0.3 is 10.2 Å². The lowest BCUT2D eigenvalue weighted by atomic mass is 10.1. The highest BCUT2D eigenvalue weighted by molar-refractivity contribution is 5.66. The lowest BCUT2D eigenvalue weighted by molar-refractivity contribution is -0.274. The number of aromatic nitrogens is 2. The van der Waals surface area contributed by atoms with Gasteiger partial charge in [-0.1, -0.05) is 12.1 Å². The van der Waals surface area contributed by atoms with Gasteiger partial charge in [0.15, 0.2) is 5.82 Å². The summed E-state index contributed by atoms with van der Waals surface area (Å²) < 4.78 is 41.3. The van der Waals surface area contributed by atoms with Gasteiger partial charge in [0.2, 0.25) is 0 Å². The van der Waals surface area contributed by atoms with Crippen LogP contribution in [0.2, 0.25) is 0 Å². The van der Waals surface area contributed by atoms with Crippen LogP contribution in [0.5, 0.6) is 5.75 Å². The van der Waals surface area contributed by atoms with E-state index in [0.29, 0.717) is 11.5 Å². The highest BCUT2D eigenvalue weighted by Crippen LogP contribution is 2.32. The number of alkyl halides is 3. The molecule has 0 atom stereocenters. The summed E-state index contributed by atoms with van der Waals surface area (Å²) in [4.78, 5) is 8.31. The molecule has 21 heavy (non-hydrogen) atoms. The standard InChI is InChI=1S/C13H13F3N4O/c1-7-8(2)18-12(19-11(7)20-17)9-5-3-4-6-10(9)21-13(14,15)16/h3-6H,17H2,1-2H3,(H,18,19,20). The van der Waals surface area contributed by atoms with Crippen molar-refractivity contribution in [3.05, 3.63) is 35.5 Å². The lowest BCUT2D eigenvalue weighted by Gasteiger charge is -2.14. The molecule has 5 nitrogen and oxygen atoms in total. The Kier molecular flexibility index (Phi) is 3.99. The first kappa shape index (κ1) is 15.0. The van der Waals surface area contributed by atoms with Crippen molar-refractivity contribution in [2.75, 3.05) is 5.43 Å². The monoisotopic (exact) mass is 298 g/mol. The van der Waals surface area contributed by atoms with Crippen LogP contribution in [0.4, 0.5) is 19.0 Å². The Morgan fingerprint density at radius 1 is 1.14 bits per heavy atom. The third-order valence-electron chi connectivity index (χ3n) is 2.88. The van der Waals surface area contributed by atoms with E-state index in [9.17, 15) is 13.2 Å². The van der Waals surface area contributed by atoms with E-state index in [-0.39, 0.29) is 17.1 Å². The maximum absolute atomic E-state index is 12.4. The molecular formula is C13H13F3N4O. The van der Waals surface area contributed by atoms with Crippen LogP contribution < -0.4 is 16.0 Å². The van der Waals surface area contributed by atoms with Crippen LogP contribution in [0.1, 0.15) is 11.3 Å². The van der Waals surface area contributed by atoms with E-state index in [0.717, 1.165) is 5.56 Å². The SMILES string of the molecule is Cc1nc(-c2ccccc2OC(F)(F)F)nc(NN)c1C. The predicted octanol–water partition coefficient (Wildman–Crippen LogP) is 2.94. The van der Waals surface area contributed by atoms with E-state index in [4.69, 9.17) is 5.84 Å². The van der Waals surface area contributed by atoms with Gasteiger partial charge in [-0.3, -0.25) is 0 Å². The molecule has 2 aromatic rings. The zero-order chi connectivity index (χ0) is 15.6. The summed E-state index contributed by atoms with van der Waals surface area (Å²) in [5, 5.41) is 0. The highest BCUT2D eigenvalue weighted by Gasteiger charge is 2.32. The maximum atomic E-state index is 12.4. The number of nitrogens with one attached hydrogen (secondary N) is 1. The fourth-order valence-electron chi connectivity index (χ4n) is 1.75. The van der Waals surface area contributed by atoms with Gasteiger partial charge in [0.05, 0.1) is 5.56 Å². The molecule has 0 fully saturated rings. The largest absolute Gasteiger partial charge is 0.573 e. The van der Waals surface area contributed by atoms with Gasteiger partial charge in [-0.15, -0.1) is 13.2 Å². The number of rotatable bonds is 3. The molecule has 2 rings (SSSR count). The number of anilines is 1. The van der Waals surface area contributed by atoms with Crippen molar-refractivity contribution in [3.8, 4) is 17.1 Å². The summed E-state index contributed by atoms with van der Waals surface area (Å²) in [5.41, 5.74) is 3.86. The molecule has 3 N–H and O–H groups in total. The van der Waals surface area contributed by atoms with Crippen LogP contribution >= 0.6 is 0 Å². The lowest BCUT2D eigenvalue weighted by Crippen LogP contribution is -2.18. The minimum Gasteiger partial charge on any atom is -0.405 e. The Morgan fingerprint density at radius 2 is 1.81 bits per heavy atom. The second-order valence-corrected chi connectivity index (χ2v) is 4.29. The molecule has 0 spiro atoms. The average molecular weight is 298 g/mol. The number of hydrazine groups is 1. The number of benzene rings is 1. The van der Waals surface area contributed by atoms with Crippen LogP contribution in [0.3, 0.4) is 0 Å². The molecule has 0 unspecified atom stereocenters. The number of ether oxygens (including phenoxy) is 1. The fraction of sp³-hybridized carbons (Fsp3) is 0.231. The van der Waals surface area contributed by atoms with E-state index in [1.54, 1.807) is 19.9 Å². The van der Waals surface area contributed by atoms with E-state index < -0.39 is 6.36 Å². The molecule has 1 aromatic heterocycles. The van der Waals surface area contributed by atoms with Gasteiger partial charge in [-0.05, 0) is 26.0 Å². The number of hydrogen-bond acceptors (Lipinski definition) is 5. The molecule has 0 aliphatic heterocycles. The van der Waals surface area contributed by atoms with Crippen molar-refractivity contribution in [1.82, 2.24) is 9.97 Å². The molecule has 0 radical (unpaired) electrons. The Bertz CT molecular complexity index is 658. The first-order valence-electron chi connectivity index (χ1n) is 5.99. The number of nitrogens with zero attached hydrogens (tertiary/aromatic N) is 2. The van der Waals surface area contributed by atoms with Gasteiger partial charge >= 0.3 is 6.36 Å². The molecule has 1 heterocycles. The Labute approximate surface area is 118 Å². The van der Waals surface area contributed by atoms with Crippen LogP contribution in [0, 0.1) is 13.8 Å². The number of aryl methyl sites for hydroxylation is 1. The minimum absolute atomic E-state index is 0.103. The van der Waals surface area contributed by atoms with Crippen molar-refractivity contribution in [2.24, 2.45) is 5.84 Å². The number of hydrogen-bond donors (Lipinski definition) is 2. The molecule has 0 bridgehead atoms. The predicted molar refractivity (Wildman–Crippen MR) is 71.4 cm³/mol. The van der Waals surface area contributed by atoms with Crippen LogP contribution in [-0.4, -0.2) is 16.3 Å². The van der Waals surface area contributed by atoms with E-state index >= 15 is 0 Å². The fourth-order valence-corrected chi connectivity index (χ4v) is 1.75. The second kappa shape index (κ2) is 5.57. The molecule has 0 aliphatic rings. The molecule has 0 amide bonds. The molecule has 0 saturated heterocycles. The molecule has 1 aromatic carbocycles. The molecular weight excluding hydrogens is 285 g/mol. The molecule has 0 aliphatic carbocycles. The highest BCUT2D eigenvalue weighted by atomic mass is 19.4. The number of nitrogen functional groups attached to an aromatic ring is 1. The Balaban J connectivity index is 2.55. The van der Waals surface area contributed by atoms with Crippen molar-refractivity contribution >= 4 is 5.82 Å². The first-order chi connectivity index (χ1) is 9.81. The molecule has 112 valence electrons. The summed E-state index contributed by atoms with van der Waals surface area (Å²) in [6.07, 6.45) is -4.79. The topological polar surface area (TPSA) is 73.1 Å². The number of halogens is 3. The van der Waals surface area contributed by atoms with Gasteiger partial charge in [-0.2, -0.15) is 0 Å². The smallest absolute Gasteiger partial charge is 0.405 e. The van der Waals surface area contributed by atoms with Gasteiger partial charge in [0, 0.05) is 11.3 Å². The van der Waals surface area contributed by atoms with E-state index in [2.05, 4.69) is 20.1 Å². The maximum Gasteiger partial charge on any atom is 0.573 e. The molecule has 8 heteroatoms. The van der Waals surface area contributed by atoms with Crippen LogP contribution in [0.15, 0.2) is 24.3 Å². The Morgan fingerprint density at radius 3 is 2.43 bits per heavy atom. The Hall–Kier alpha value is -2.35. The van der Waals surface area contributed by atoms with Gasteiger partial charge in [0.25, 0.3) is 0 Å². The summed E-state index contributed by atoms with van der Waals surface area (Å²) in [6, 6.07) is 5.67. The normalized spacial score (nSPS) is 11.3. The van der Waals surface area contributed by atoms with Gasteiger partial charge in [-0.25, -0.2) is 15.8 Å². The summed E-state index contributed by atoms with van der Waals surface area (Å²) in [7, 11) is 0. The third kappa shape index (κ3) is 3.40. The van der Waals surface area contributed by atoms with E-state index in [1.165, 1.54) is 18.2 Å². The van der Waals surface area contributed by atoms with Crippen molar-refractivity contribution in [2.45, 2.75) is 20.2 Å². The van der Waals surface area contributed by atoms with Crippen molar-refractivity contribution < 1.29 is 17.9 Å². The van der Waals surface area contributed by atoms with Gasteiger partial charge in [0.1, 0.15) is 11.6 Å². The summed E-state index contributed by atoms with van der Waals surface area (Å²) in [5.74, 6) is 5.44. The number of nitrogens with two attached hydrogens (primary N) is 1. The average Bonchev–Trinajstić information content (AvgIpc) is 2.40. The van der Waals surface area contributed by atoms with E-state index in [1.807, 2.05) is 0 Å².